The second kappa shape index (κ2) is 7.47. The van der Waals surface area contributed by atoms with Crippen molar-refractivity contribution in [3.8, 4) is 0 Å². The summed E-state index contributed by atoms with van der Waals surface area (Å²) in [5.41, 5.74) is 2.53. The number of carbonyl (C=O) groups excluding carboxylic acids is 1. The molecule has 1 unspecified atom stereocenters. The van der Waals surface area contributed by atoms with E-state index in [0.29, 0.717) is 6.04 Å². The molecule has 0 saturated heterocycles. The van der Waals surface area contributed by atoms with Crippen LogP contribution in [0.1, 0.15) is 58.3 Å². The van der Waals surface area contributed by atoms with Crippen LogP contribution in [0.4, 0.5) is 0 Å². The second-order valence-electron chi connectivity index (χ2n) is 5.97. The number of nitrogens with zero attached hydrogens (tertiary/aromatic N) is 1. The minimum Gasteiger partial charge on any atom is -0.332 e. The third-order valence-corrected chi connectivity index (χ3v) is 4.42. The maximum Gasteiger partial charge on any atom is 0.246 e. The van der Waals surface area contributed by atoms with Crippen molar-refractivity contribution in [2.24, 2.45) is 0 Å². The maximum absolute atomic E-state index is 12.2. The summed E-state index contributed by atoms with van der Waals surface area (Å²) in [6.07, 6.45) is 15.2. The van der Waals surface area contributed by atoms with Crippen molar-refractivity contribution in [3.05, 3.63) is 36.0 Å². The monoisotopic (exact) mass is 273 g/mol. The Bertz CT molecular complexity index is 419. The quantitative estimate of drug-likeness (QED) is 0.680. The molecule has 2 heterocycles. The molecule has 2 aliphatic heterocycles. The number of rotatable bonds is 5. The van der Waals surface area contributed by atoms with E-state index in [0.717, 1.165) is 38.6 Å². The van der Waals surface area contributed by atoms with Gasteiger partial charge in [-0.15, -0.1) is 0 Å². The molecule has 0 aromatic heterocycles. The van der Waals surface area contributed by atoms with Crippen molar-refractivity contribution in [3.63, 3.8) is 0 Å². The molecule has 110 valence electrons. The van der Waals surface area contributed by atoms with E-state index >= 15 is 0 Å². The first-order chi connectivity index (χ1) is 9.72. The summed E-state index contributed by atoms with van der Waals surface area (Å²) in [7, 11) is 0. The molecule has 0 fully saturated rings. The fourth-order valence-corrected chi connectivity index (χ4v) is 3.11. The zero-order valence-corrected chi connectivity index (χ0v) is 12.7. The number of unbranched alkanes of at least 4 members (excludes halogenated alkanes) is 2. The molecule has 0 spiro atoms. The van der Waals surface area contributed by atoms with E-state index in [-0.39, 0.29) is 5.91 Å². The first kappa shape index (κ1) is 15.1. The average Bonchev–Trinajstić information content (AvgIpc) is 2.74. The largest absolute Gasteiger partial charge is 0.332 e. The van der Waals surface area contributed by atoms with Crippen LogP contribution in [0.2, 0.25) is 0 Å². The van der Waals surface area contributed by atoms with Gasteiger partial charge in [-0.3, -0.25) is 4.79 Å². The van der Waals surface area contributed by atoms with Crippen LogP contribution in [0.15, 0.2) is 36.0 Å². The van der Waals surface area contributed by atoms with E-state index in [1.54, 1.807) is 6.08 Å². The van der Waals surface area contributed by atoms with Gasteiger partial charge in [0.15, 0.2) is 0 Å². The second-order valence-corrected chi connectivity index (χ2v) is 5.97. The van der Waals surface area contributed by atoms with Crippen LogP contribution < -0.4 is 0 Å². The summed E-state index contributed by atoms with van der Waals surface area (Å²) in [5.74, 6) is 0.182. The molecule has 2 heteroatoms. The Morgan fingerprint density at radius 2 is 2.15 bits per heavy atom. The predicted octanol–water partition coefficient (Wildman–Crippen LogP) is 4.39. The summed E-state index contributed by atoms with van der Waals surface area (Å²) in [4.78, 5) is 14.3. The van der Waals surface area contributed by atoms with E-state index in [1.807, 2.05) is 6.08 Å². The lowest BCUT2D eigenvalue weighted by Crippen LogP contribution is -2.39. The fraction of sp³-hybridized carbons (Fsp3) is 0.611. The molecule has 1 amide bonds. The maximum atomic E-state index is 12.2. The molecule has 0 bridgehead atoms. The number of amides is 1. The van der Waals surface area contributed by atoms with Crippen molar-refractivity contribution in [1.82, 2.24) is 4.90 Å². The molecule has 2 nitrogen and oxygen atoms in total. The van der Waals surface area contributed by atoms with Crippen LogP contribution in [-0.4, -0.2) is 23.4 Å². The molecule has 20 heavy (non-hydrogen) atoms. The van der Waals surface area contributed by atoms with E-state index in [9.17, 15) is 4.79 Å². The van der Waals surface area contributed by atoms with E-state index < -0.39 is 0 Å². The van der Waals surface area contributed by atoms with Gasteiger partial charge in [-0.2, -0.15) is 0 Å². The highest BCUT2D eigenvalue weighted by Crippen LogP contribution is 2.27. The van der Waals surface area contributed by atoms with Crippen molar-refractivity contribution in [1.29, 1.82) is 0 Å². The Labute approximate surface area is 123 Å². The van der Waals surface area contributed by atoms with Gasteiger partial charge in [0.1, 0.15) is 0 Å². The normalized spacial score (nSPS) is 22.9. The highest BCUT2D eigenvalue weighted by atomic mass is 16.2. The third-order valence-electron chi connectivity index (χ3n) is 4.42. The average molecular weight is 273 g/mol. The standard InChI is InChI=1S/C18H27NO/c1-3-4-5-9-15(2)16-10-8-12-17-11-6-7-13-18(20)19(17)14-16/h7,10,13,17H,2-6,8-9,11-12,14H2,1H3. The number of carbonyl (C=O) groups is 1. The summed E-state index contributed by atoms with van der Waals surface area (Å²) in [5, 5.41) is 0. The number of allylic oxidation sites excluding steroid dienone is 2. The van der Waals surface area contributed by atoms with Crippen molar-refractivity contribution in [2.45, 2.75) is 64.3 Å². The van der Waals surface area contributed by atoms with Gasteiger partial charge in [0.2, 0.25) is 5.91 Å². The van der Waals surface area contributed by atoms with Crippen LogP contribution >= 0.6 is 0 Å². The van der Waals surface area contributed by atoms with Gasteiger partial charge in [0, 0.05) is 12.6 Å². The molecule has 0 aliphatic carbocycles. The molecule has 0 aromatic rings. The van der Waals surface area contributed by atoms with Crippen LogP contribution in [0, 0.1) is 0 Å². The minimum absolute atomic E-state index is 0.182. The van der Waals surface area contributed by atoms with Gasteiger partial charge in [-0.25, -0.2) is 0 Å². The Morgan fingerprint density at radius 1 is 1.35 bits per heavy atom. The van der Waals surface area contributed by atoms with Crippen LogP contribution in [0.5, 0.6) is 0 Å². The minimum atomic E-state index is 0.182. The summed E-state index contributed by atoms with van der Waals surface area (Å²) in [6.45, 7) is 7.24. The van der Waals surface area contributed by atoms with Crippen molar-refractivity contribution >= 4 is 5.91 Å². The number of hydrogen-bond donors (Lipinski definition) is 0. The van der Waals surface area contributed by atoms with Gasteiger partial charge < -0.3 is 4.90 Å². The Morgan fingerprint density at radius 3 is 2.95 bits per heavy atom. The first-order valence-corrected chi connectivity index (χ1v) is 8.06. The number of fused-ring (bicyclic) bond motifs is 1. The van der Waals surface area contributed by atoms with E-state index in [1.165, 1.54) is 30.4 Å². The highest BCUT2D eigenvalue weighted by molar-refractivity contribution is 5.88. The summed E-state index contributed by atoms with van der Waals surface area (Å²) < 4.78 is 0. The summed E-state index contributed by atoms with van der Waals surface area (Å²) >= 11 is 0. The topological polar surface area (TPSA) is 20.3 Å². The summed E-state index contributed by atoms with van der Waals surface area (Å²) in [6, 6.07) is 0.412. The number of hydrogen-bond acceptors (Lipinski definition) is 1. The lowest BCUT2D eigenvalue weighted by molar-refractivity contribution is -0.127. The van der Waals surface area contributed by atoms with Gasteiger partial charge in [-0.1, -0.05) is 44.1 Å². The molecule has 0 radical (unpaired) electrons. The molecule has 1 atom stereocenters. The molecule has 0 N–H and O–H groups in total. The van der Waals surface area contributed by atoms with Crippen LogP contribution in [0.3, 0.4) is 0 Å². The zero-order valence-electron chi connectivity index (χ0n) is 12.7. The molecule has 2 aliphatic rings. The molecular formula is C18H27NO. The Kier molecular flexibility index (Phi) is 5.63. The highest BCUT2D eigenvalue weighted by Gasteiger charge is 2.26. The van der Waals surface area contributed by atoms with Crippen LogP contribution in [-0.2, 0) is 4.79 Å². The SMILES string of the molecule is C=C(CCCCC)C1=CCCC2CCC=CC(=O)N2C1. The first-order valence-electron chi connectivity index (χ1n) is 8.06. The van der Waals surface area contributed by atoms with Gasteiger partial charge in [0.05, 0.1) is 0 Å². The Balaban J connectivity index is 2.01. The van der Waals surface area contributed by atoms with Crippen molar-refractivity contribution < 1.29 is 4.79 Å². The van der Waals surface area contributed by atoms with Gasteiger partial charge in [0.25, 0.3) is 0 Å². The lowest BCUT2D eigenvalue weighted by Gasteiger charge is -2.29. The van der Waals surface area contributed by atoms with Gasteiger partial charge >= 0.3 is 0 Å². The predicted molar refractivity (Wildman–Crippen MR) is 84.5 cm³/mol. The molecule has 2 rings (SSSR count). The molecular weight excluding hydrogens is 246 g/mol. The lowest BCUT2D eigenvalue weighted by atomic mass is 10.0. The third kappa shape index (κ3) is 3.84. The zero-order chi connectivity index (χ0) is 14.4. The molecule has 0 aromatic carbocycles. The van der Waals surface area contributed by atoms with Gasteiger partial charge in [-0.05, 0) is 50.2 Å². The van der Waals surface area contributed by atoms with E-state index in [2.05, 4.69) is 24.5 Å². The smallest absolute Gasteiger partial charge is 0.246 e. The fourth-order valence-electron chi connectivity index (χ4n) is 3.11. The van der Waals surface area contributed by atoms with Crippen LogP contribution in [0.25, 0.3) is 0 Å². The van der Waals surface area contributed by atoms with Crippen molar-refractivity contribution in [2.75, 3.05) is 6.54 Å². The molecule has 0 saturated carbocycles. The Hall–Kier alpha value is -1.31. The van der Waals surface area contributed by atoms with E-state index in [4.69, 9.17) is 0 Å².